The normalized spacial score (nSPS) is 18.3. The van der Waals surface area contributed by atoms with Gasteiger partial charge >= 0.3 is 12.1 Å². The van der Waals surface area contributed by atoms with Gasteiger partial charge in [0.2, 0.25) is 0 Å². The van der Waals surface area contributed by atoms with Gasteiger partial charge in [-0.25, -0.2) is 9.59 Å². The molecule has 1 heterocycles. The van der Waals surface area contributed by atoms with Crippen LogP contribution in [-0.4, -0.2) is 39.3 Å². The molecule has 0 saturated carbocycles. The van der Waals surface area contributed by atoms with Crippen LogP contribution in [-0.2, 0) is 11.3 Å². The Morgan fingerprint density at radius 1 is 1.29 bits per heavy atom. The lowest BCUT2D eigenvalue weighted by atomic mass is 9.93. The molecule has 1 aliphatic heterocycles. The number of amides is 1. The summed E-state index contributed by atoms with van der Waals surface area (Å²) in [5, 5.41) is 18.6. The number of benzene rings is 1. The first-order valence-corrected chi connectivity index (χ1v) is 8.19. The Morgan fingerprint density at radius 2 is 2.00 bits per heavy atom. The molecule has 1 aromatic rings. The van der Waals surface area contributed by atoms with E-state index in [1.807, 2.05) is 20.8 Å². The summed E-state index contributed by atoms with van der Waals surface area (Å²) in [4.78, 5) is 25.4. The van der Waals surface area contributed by atoms with E-state index in [2.05, 4.69) is 0 Å². The molecule has 1 fully saturated rings. The fourth-order valence-electron chi connectivity index (χ4n) is 2.98. The third-order valence-electron chi connectivity index (χ3n) is 4.05. The summed E-state index contributed by atoms with van der Waals surface area (Å²) >= 11 is 0. The predicted molar refractivity (Wildman–Crippen MR) is 88.9 cm³/mol. The number of aliphatic hydroxyl groups excluding tert-OH is 1. The van der Waals surface area contributed by atoms with Gasteiger partial charge in [0, 0.05) is 6.54 Å². The highest BCUT2D eigenvalue weighted by Crippen LogP contribution is 2.33. The number of carbonyl (C=O) groups excluding carboxylic acids is 1. The van der Waals surface area contributed by atoms with Crippen molar-refractivity contribution in [2.45, 2.75) is 58.3 Å². The van der Waals surface area contributed by atoms with Crippen molar-refractivity contribution < 1.29 is 24.5 Å². The van der Waals surface area contributed by atoms with Gasteiger partial charge in [0.15, 0.2) is 0 Å². The second kappa shape index (κ2) is 7.21. The Kier molecular flexibility index (Phi) is 5.49. The number of aliphatic hydroxyl groups is 1. The van der Waals surface area contributed by atoms with Gasteiger partial charge < -0.3 is 19.8 Å². The van der Waals surface area contributed by atoms with E-state index in [9.17, 15) is 19.8 Å². The number of nitrogens with zero attached hydrogens (tertiary/aromatic N) is 1. The second-order valence-corrected chi connectivity index (χ2v) is 7.07. The molecule has 132 valence electrons. The van der Waals surface area contributed by atoms with E-state index in [-0.39, 0.29) is 24.3 Å². The molecule has 1 saturated heterocycles. The number of likely N-dealkylation sites (tertiary alicyclic amines) is 1. The lowest BCUT2D eigenvalue weighted by Crippen LogP contribution is -2.41. The van der Waals surface area contributed by atoms with Crippen molar-refractivity contribution in [3.63, 3.8) is 0 Å². The number of piperidine rings is 1. The van der Waals surface area contributed by atoms with Gasteiger partial charge in [-0.3, -0.25) is 0 Å². The maximum atomic E-state index is 12.5. The summed E-state index contributed by atoms with van der Waals surface area (Å²) < 4.78 is 5.49. The largest absolute Gasteiger partial charge is 0.478 e. The standard InChI is InChI=1S/C18H25NO5/c1-18(2,3)24-17(23)19-9-5-4-6-15(19)12-7-8-14(16(21)22)13(10-12)11-20/h7-8,10,15,20H,4-6,9,11H2,1-3H3,(H,21,22). The summed E-state index contributed by atoms with van der Waals surface area (Å²) in [7, 11) is 0. The van der Waals surface area contributed by atoms with Gasteiger partial charge in [-0.1, -0.05) is 12.1 Å². The Labute approximate surface area is 142 Å². The third kappa shape index (κ3) is 4.26. The van der Waals surface area contributed by atoms with Gasteiger partial charge in [0.1, 0.15) is 5.60 Å². The zero-order valence-electron chi connectivity index (χ0n) is 14.4. The molecule has 1 unspecified atom stereocenters. The molecule has 2 N–H and O–H groups in total. The monoisotopic (exact) mass is 335 g/mol. The highest BCUT2D eigenvalue weighted by atomic mass is 16.6. The Balaban J connectivity index is 2.30. The smallest absolute Gasteiger partial charge is 0.410 e. The van der Waals surface area contributed by atoms with Gasteiger partial charge in [0.05, 0.1) is 18.2 Å². The predicted octanol–water partition coefficient (Wildman–Crippen LogP) is 3.34. The number of rotatable bonds is 3. The van der Waals surface area contributed by atoms with Crippen LogP contribution in [0.15, 0.2) is 18.2 Å². The quantitative estimate of drug-likeness (QED) is 0.884. The first-order chi connectivity index (χ1) is 11.2. The van der Waals surface area contributed by atoms with Crippen molar-refractivity contribution in [3.05, 3.63) is 34.9 Å². The lowest BCUT2D eigenvalue weighted by molar-refractivity contribution is 0.00946. The SMILES string of the molecule is CC(C)(C)OC(=O)N1CCCCC1c1ccc(C(=O)O)c(CO)c1. The summed E-state index contributed by atoms with van der Waals surface area (Å²) in [5.74, 6) is -1.07. The van der Waals surface area contributed by atoms with Crippen LogP contribution in [0, 0.1) is 0 Å². The average molecular weight is 335 g/mol. The van der Waals surface area contributed by atoms with Crippen LogP contribution in [0.1, 0.15) is 67.6 Å². The molecule has 24 heavy (non-hydrogen) atoms. The van der Waals surface area contributed by atoms with E-state index in [0.29, 0.717) is 12.1 Å². The summed E-state index contributed by atoms with van der Waals surface area (Å²) in [5.41, 5.74) is 0.702. The molecule has 0 aromatic heterocycles. The first-order valence-electron chi connectivity index (χ1n) is 8.19. The number of carbonyl (C=O) groups is 2. The highest BCUT2D eigenvalue weighted by molar-refractivity contribution is 5.89. The number of ether oxygens (including phenoxy) is 1. The van der Waals surface area contributed by atoms with E-state index in [0.717, 1.165) is 24.8 Å². The Bertz CT molecular complexity index is 620. The van der Waals surface area contributed by atoms with Crippen molar-refractivity contribution in [3.8, 4) is 0 Å². The molecule has 0 spiro atoms. The first kappa shape index (κ1) is 18.3. The number of carboxylic acid groups (broad SMARTS) is 1. The van der Waals surface area contributed by atoms with Gasteiger partial charge in [-0.15, -0.1) is 0 Å². The molecule has 1 atom stereocenters. The molecule has 6 nitrogen and oxygen atoms in total. The summed E-state index contributed by atoms with van der Waals surface area (Å²) in [6.45, 7) is 5.74. The molecule has 1 aromatic carbocycles. The molecule has 0 radical (unpaired) electrons. The van der Waals surface area contributed by atoms with Crippen molar-refractivity contribution >= 4 is 12.1 Å². The minimum atomic E-state index is -1.07. The van der Waals surface area contributed by atoms with Crippen LogP contribution in [0.25, 0.3) is 0 Å². The van der Waals surface area contributed by atoms with E-state index in [4.69, 9.17) is 4.74 Å². The van der Waals surface area contributed by atoms with E-state index >= 15 is 0 Å². The van der Waals surface area contributed by atoms with Crippen LogP contribution < -0.4 is 0 Å². The Morgan fingerprint density at radius 3 is 2.58 bits per heavy atom. The molecule has 6 heteroatoms. The summed E-state index contributed by atoms with van der Waals surface area (Å²) in [6.07, 6.45) is 2.32. The zero-order chi connectivity index (χ0) is 17.9. The van der Waals surface area contributed by atoms with E-state index in [1.165, 1.54) is 6.07 Å². The fraction of sp³-hybridized carbons (Fsp3) is 0.556. The van der Waals surface area contributed by atoms with Crippen LogP contribution in [0.5, 0.6) is 0 Å². The molecule has 0 aliphatic carbocycles. The van der Waals surface area contributed by atoms with Crippen LogP contribution >= 0.6 is 0 Å². The van der Waals surface area contributed by atoms with Crippen molar-refractivity contribution in [1.82, 2.24) is 4.90 Å². The zero-order valence-corrected chi connectivity index (χ0v) is 14.4. The molecule has 1 amide bonds. The number of aromatic carboxylic acids is 1. The maximum absolute atomic E-state index is 12.5. The second-order valence-electron chi connectivity index (χ2n) is 7.07. The topological polar surface area (TPSA) is 87.1 Å². The van der Waals surface area contributed by atoms with Gasteiger partial charge in [-0.2, -0.15) is 0 Å². The fourth-order valence-corrected chi connectivity index (χ4v) is 2.98. The lowest BCUT2D eigenvalue weighted by Gasteiger charge is -2.37. The molecule has 1 aliphatic rings. The third-order valence-corrected chi connectivity index (χ3v) is 4.05. The maximum Gasteiger partial charge on any atom is 0.410 e. The number of hydrogen-bond donors (Lipinski definition) is 2. The molecule has 2 rings (SSSR count). The van der Waals surface area contributed by atoms with E-state index in [1.54, 1.807) is 17.0 Å². The van der Waals surface area contributed by atoms with Crippen molar-refractivity contribution in [2.24, 2.45) is 0 Å². The van der Waals surface area contributed by atoms with Crippen molar-refractivity contribution in [1.29, 1.82) is 0 Å². The minimum absolute atomic E-state index is 0.0841. The Hall–Kier alpha value is -2.08. The number of hydrogen-bond acceptors (Lipinski definition) is 4. The van der Waals surface area contributed by atoms with Gasteiger partial charge in [-0.05, 0) is 57.2 Å². The average Bonchev–Trinajstić information content (AvgIpc) is 2.52. The molecular formula is C18H25NO5. The van der Waals surface area contributed by atoms with Crippen LogP contribution in [0.2, 0.25) is 0 Å². The summed E-state index contributed by atoms with van der Waals surface area (Å²) in [6, 6.07) is 4.72. The van der Waals surface area contributed by atoms with E-state index < -0.39 is 11.6 Å². The molecular weight excluding hydrogens is 310 g/mol. The van der Waals surface area contributed by atoms with Crippen molar-refractivity contribution in [2.75, 3.05) is 6.54 Å². The number of carboxylic acids is 1. The molecule has 0 bridgehead atoms. The minimum Gasteiger partial charge on any atom is -0.478 e. The highest BCUT2D eigenvalue weighted by Gasteiger charge is 2.31. The van der Waals surface area contributed by atoms with Gasteiger partial charge in [0.25, 0.3) is 0 Å². The van der Waals surface area contributed by atoms with Crippen LogP contribution in [0.3, 0.4) is 0 Å². The van der Waals surface area contributed by atoms with Crippen LogP contribution in [0.4, 0.5) is 4.79 Å².